The minimum atomic E-state index is -0.264. The molecule has 2 aromatic heterocycles. The summed E-state index contributed by atoms with van der Waals surface area (Å²) in [5.41, 5.74) is 1.62. The number of likely N-dealkylation sites (N-methyl/N-ethyl adjacent to an activating group) is 1. The Morgan fingerprint density at radius 2 is 1.84 bits per heavy atom. The molecule has 4 aromatic rings. The predicted molar refractivity (Wildman–Crippen MR) is 119 cm³/mol. The molecule has 0 radical (unpaired) electrons. The van der Waals surface area contributed by atoms with Crippen LogP contribution in [0.4, 0.5) is 0 Å². The highest BCUT2D eigenvalue weighted by Gasteiger charge is 2.18. The summed E-state index contributed by atoms with van der Waals surface area (Å²) in [5.74, 6) is 1.55. The third-order valence-electron chi connectivity index (χ3n) is 4.98. The molecule has 0 aliphatic heterocycles. The van der Waals surface area contributed by atoms with Gasteiger partial charge in [-0.3, -0.25) is 9.59 Å². The number of furan rings is 1. The fraction of sp³-hybridized carbons (Fsp3) is 0.208. The van der Waals surface area contributed by atoms with E-state index in [0.29, 0.717) is 11.6 Å². The lowest BCUT2D eigenvalue weighted by molar-refractivity contribution is -0.135. The minimum absolute atomic E-state index is 0.0515. The summed E-state index contributed by atoms with van der Waals surface area (Å²) >= 11 is 0. The molecular weight excluding hydrogens is 408 g/mol. The molecule has 8 heteroatoms. The summed E-state index contributed by atoms with van der Waals surface area (Å²) in [6, 6.07) is 20.6. The first-order valence-corrected chi connectivity index (χ1v) is 10.2. The van der Waals surface area contributed by atoms with Crippen molar-refractivity contribution in [2.24, 2.45) is 0 Å². The molecule has 2 amide bonds. The van der Waals surface area contributed by atoms with Gasteiger partial charge in [0.1, 0.15) is 30.5 Å². The maximum atomic E-state index is 12.9. The van der Waals surface area contributed by atoms with Gasteiger partial charge in [0.05, 0.1) is 30.4 Å². The Morgan fingerprint density at radius 3 is 2.62 bits per heavy atom. The van der Waals surface area contributed by atoms with Crippen molar-refractivity contribution in [3.8, 4) is 5.75 Å². The summed E-state index contributed by atoms with van der Waals surface area (Å²) in [7, 11) is 1.61. The number of para-hydroxylation sites is 3. The lowest BCUT2D eigenvalue weighted by Crippen LogP contribution is -2.39. The first-order chi connectivity index (χ1) is 15.6. The van der Waals surface area contributed by atoms with Crippen LogP contribution in [0.1, 0.15) is 11.6 Å². The summed E-state index contributed by atoms with van der Waals surface area (Å²) < 4.78 is 12.9. The largest absolute Gasteiger partial charge is 0.486 e. The van der Waals surface area contributed by atoms with E-state index >= 15 is 0 Å². The average molecular weight is 432 g/mol. The van der Waals surface area contributed by atoms with E-state index in [1.165, 1.54) is 4.90 Å². The molecule has 2 aromatic carbocycles. The van der Waals surface area contributed by atoms with Crippen LogP contribution in [0, 0.1) is 0 Å². The van der Waals surface area contributed by atoms with Crippen molar-refractivity contribution in [1.29, 1.82) is 0 Å². The van der Waals surface area contributed by atoms with Gasteiger partial charge in [0.15, 0.2) is 0 Å². The number of fused-ring (bicyclic) bond motifs is 1. The van der Waals surface area contributed by atoms with E-state index < -0.39 is 0 Å². The van der Waals surface area contributed by atoms with Gasteiger partial charge < -0.3 is 23.9 Å². The molecule has 0 saturated carbocycles. The number of ether oxygens (including phenoxy) is 1. The topological polar surface area (TPSA) is 89.6 Å². The van der Waals surface area contributed by atoms with Crippen molar-refractivity contribution in [2.45, 2.75) is 19.7 Å². The number of hydrogen-bond acceptors (Lipinski definition) is 5. The van der Waals surface area contributed by atoms with E-state index in [4.69, 9.17) is 9.15 Å². The number of rotatable bonds is 9. The van der Waals surface area contributed by atoms with E-state index in [-0.39, 0.29) is 38.1 Å². The van der Waals surface area contributed by atoms with Gasteiger partial charge in [-0.25, -0.2) is 4.98 Å². The quantitative estimate of drug-likeness (QED) is 0.439. The SMILES string of the molecule is CN(CC(=O)NCc1ccco1)C(=O)Cn1c(COc2ccccc2)nc2ccccc21. The van der Waals surface area contributed by atoms with Gasteiger partial charge in [-0.2, -0.15) is 0 Å². The molecule has 0 unspecified atom stereocenters. The standard InChI is InChI=1S/C24H24N4O4/c1-27(15-23(29)25-14-19-10-7-13-31-19)24(30)16-28-21-12-6-5-11-20(21)26-22(28)17-32-18-8-3-2-4-9-18/h2-13H,14-17H2,1H3,(H,25,29). The van der Waals surface area contributed by atoms with Crippen LogP contribution in [0.3, 0.4) is 0 Å². The van der Waals surface area contributed by atoms with Crippen LogP contribution in [-0.2, 0) is 29.3 Å². The van der Waals surface area contributed by atoms with E-state index in [2.05, 4.69) is 10.3 Å². The molecule has 0 saturated heterocycles. The van der Waals surface area contributed by atoms with Gasteiger partial charge >= 0.3 is 0 Å². The van der Waals surface area contributed by atoms with Crippen LogP contribution < -0.4 is 10.1 Å². The van der Waals surface area contributed by atoms with Gasteiger partial charge in [0.25, 0.3) is 0 Å². The smallest absolute Gasteiger partial charge is 0.242 e. The molecule has 8 nitrogen and oxygen atoms in total. The first-order valence-electron chi connectivity index (χ1n) is 10.2. The Kier molecular flexibility index (Phi) is 6.50. The van der Waals surface area contributed by atoms with E-state index in [0.717, 1.165) is 16.8 Å². The Hall–Kier alpha value is -4.07. The van der Waals surface area contributed by atoms with Crippen molar-refractivity contribution < 1.29 is 18.7 Å². The van der Waals surface area contributed by atoms with Crippen LogP contribution in [0.25, 0.3) is 11.0 Å². The van der Waals surface area contributed by atoms with Crippen molar-refractivity contribution in [3.05, 3.63) is 84.6 Å². The van der Waals surface area contributed by atoms with Crippen LogP contribution in [0.2, 0.25) is 0 Å². The van der Waals surface area contributed by atoms with Gasteiger partial charge in [-0.1, -0.05) is 30.3 Å². The fourth-order valence-electron chi connectivity index (χ4n) is 3.29. The fourth-order valence-corrected chi connectivity index (χ4v) is 3.29. The monoisotopic (exact) mass is 432 g/mol. The lowest BCUT2D eigenvalue weighted by Gasteiger charge is -2.18. The van der Waals surface area contributed by atoms with Crippen LogP contribution in [0.15, 0.2) is 77.4 Å². The number of aromatic nitrogens is 2. The number of imidazole rings is 1. The maximum absolute atomic E-state index is 12.9. The van der Waals surface area contributed by atoms with Crippen LogP contribution in [-0.4, -0.2) is 39.9 Å². The predicted octanol–water partition coefficient (Wildman–Crippen LogP) is 2.98. The number of carbonyl (C=O) groups excluding carboxylic acids is 2. The Labute approximate surface area is 185 Å². The zero-order chi connectivity index (χ0) is 22.3. The molecule has 4 rings (SSSR count). The zero-order valence-electron chi connectivity index (χ0n) is 17.7. The molecule has 2 heterocycles. The Bertz CT molecular complexity index is 1190. The number of nitrogens with zero attached hydrogens (tertiary/aromatic N) is 3. The second-order valence-electron chi connectivity index (χ2n) is 7.31. The molecule has 1 N–H and O–H groups in total. The maximum Gasteiger partial charge on any atom is 0.242 e. The third-order valence-corrected chi connectivity index (χ3v) is 4.98. The van der Waals surface area contributed by atoms with Gasteiger partial charge in [-0.05, 0) is 36.4 Å². The summed E-state index contributed by atoms with van der Waals surface area (Å²) in [6.45, 7) is 0.498. The Balaban J connectivity index is 1.42. The summed E-state index contributed by atoms with van der Waals surface area (Å²) in [5, 5.41) is 2.74. The van der Waals surface area contributed by atoms with Gasteiger partial charge in [0, 0.05) is 7.05 Å². The number of amides is 2. The normalized spacial score (nSPS) is 10.8. The second kappa shape index (κ2) is 9.82. The molecule has 0 aliphatic carbocycles. The van der Waals surface area contributed by atoms with Gasteiger partial charge in [0.2, 0.25) is 11.8 Å². The average Bonchev–Trinajstić information content (AvgIpc) is 3.45. The molecule has 0 bridgehead atoms. The number of carbonyl (C=O) groups is 2. The molecular formula is C24H24N4O4. The molecule has 164 valence electrons. The highest BCUT2D eigenvalue weighted by atomic mass is 16.5. The minimum Gasteiger partial charge on any atom is -0.486 e. The Morgan fingerprint density at radius 1 is 1.06 bits per heavy atom. The number of hydrogen-bond donors (Lipinski definition) is 1. The van der Waals surface area contributed by atoms with Crippen molar-refractivity contribution in [1.82, 2.24) is 19.8 Å². The number of benzene rings is 2. The van der Waals surface area contributed by atoms with E-state index in [9.17, 15) is 9.59 Å². The summed E-state index contributed by atoms with van der Waals surface area (Å²) in [6.07, 6.45) is 1.55. The van der Waals surface area contributed by atoms with Crippen molar-refractivity contribution >= 4 is 22.8 Å². The number of nitrogens with one attached hydrogen (secondary N) is 1. The third kappa shape index (κ3) is 5.15. The van der Waals surface area contributed by atoms with Crippen LogP contribution in [0.5, 0.6) is 5.75 Å². The van der Waals surface area contributed by atoms with Crippen LogP contribution >= 0.6 is 0 Å². The van der Waals surface area contributed by atoms with Gasteiger partial charge in [-0.15, -0.1) is 0 Å². The first kappa shape index (κ1) is 21.2. The lowest BCUT2D eigenvalue weighted by atomic mass is 10.3. The van der Waals surface area contributed by atoms with E-state index in [1.54, 1.807) is 25.4 Å². The highest BCUT2D eigenvalue weighted by molar-refractivity contribution is 5.85. The molecule has 0 spiro atoms. The second-order valence-corrected chi connectivity index (χ2v) is 7.31. The van der Waals surface area contributed by atoms with E-state index in [1.807, 2.05) is 59.2 Å². The molecule has 0 atom stereocenters. The molecule has 32 heavy (non-hydrogen) atoms. The van der Waals surface area contributed by atoms with Crippen molar-refractivity contribution in [2.75, 3.05) is 13.6 Å². The molecule has 0 fully saturated rings. The molecule has 0 aliphatic rings. The highest BCUT2D eigenvalue weighted by Crippen LogP contribution is 2.18. The zero-order valence-corrected chi connectivity index (χ0v) is 17.7. The summed E-state index contributed by atoms with van der Waals surface area (Å²) in [4.78, 5) is 31.1. The van der Waals surface area contributed by atoms with Crippen molar-refractivity contribution in [3.63, 3.8) is 0 Å².